The van der Waals surface area contributed by atoms with Crippen molar-refractivity contribution in [3.05, 3.63) is 53.3 Å². The van der Waals surface area contributed by atoms with Crippen LogP contribution in [0, 0.1) is 11.8 Å². The van der Waals surface area contributed by atoms with Gasteiger partial charge in [-0.05, 0) is 54.2 Å². The normalized spacial score (nSPS) is 21.7. The number of pyridine rings is 1. The number of rotatable bonds is 6. The highest BCUT2D eigenvalue weighted by atomic mass is 16.5. The molecular weight excluding hydrogens is 404 g/mol. The smallest absolute Gasteiger partial charge is 0.271 e. The first-order valence-electron chi connectivity index (χ1n) is 11.3. The van der Waals surface area contributed by atoms with Crippen molar-refractivity contribution in [2.75, 3.05) is 27.3 Å². The van der Waals surface area contributed by atoms with Crippen molar-refractivity contribution < 1.29 is 14.3 Å². The lowest BCUT2D eigenvalue weighted by Gasteiger charge is -2.44. The number of methoxy groups -OCH3 is 2. The number of carbonyl (C=O) groups excluding carboxylic acids is 1. The predicted molar refractivity (Wildman–Crippen MR) is 124 cm³/mol. The van der Waals surface area contributed by atoms with Gasteiger partial charge in [-0.25, -0.2) is 5.43 Å². The van der Waals surface area contributed by atoms with E-state index in [-0.39, 0.29) is 11.9 Å². The second-order valence-electron chi connectivity index (χ2n) is 8.98. The molecule has 0 bridgehead atoms. The van der Waals surface area contributed by atoms with Crippen LogP contribution in [0.5, 0.6) is 11.5 Å². The molecule has 0 unspecified atom stereocenters. The molecule has 2 aliphatic rings. The molecule has 2 aromatic rings. The number of fused-ring (bicyclic) bond motifs is 3. The molecule has 2 aliphatic heterocycles. The molecule has 1 saturated heterocycles. The molecule has 0 spiro atoms. The average molecular weight is 437 g/mol. The van der Waals surface area contributed by atoms with Crippen LogP contribution in [-0.2, 0) is 6.42 Å². The third-order valence-corrected chi connectivity index (χ3v) is 6.44. The van der Waals surface area contributed by atoms with Crippen molar-refractivity contribution in [1.29, 1.82) is 0 Å². The quantitative estimate of drug-likeness (QED) is 0.696. The largest absolute Gasteiger partial charge is 0.493 e. The average Bonchev–Trinajstić information content (AvgIpc) is 2.81. The summed E-state index contributed by atoms with van der Waals surface area (Å²) in [6, 6.07) is 7.83. The maximum absolute atomic E-state index is 12.6. The van der Waals surface area contributed by atoms with Crippen LogP contribution in [0.25, 0.3) is 0 Å². The van der Waals surface area contributed by atoms with Gasteiger partial charge >= 0.3 is 0 Å². The van der Waals surface area contributed by atoms with E-state index in [1.54, 1.807) is 38.7 Å². The molecule has 1 amide bonds. The summed E-state index contributed by atoms with van der Waals surface area (Å²) in [5, 5.41) is 4.65. The molecule has 4 rings (SSSR count). The number of nitrogens with one attached hydrogen (secondary N) is 1. The summed E-state index contributed by atoms with van der Waals surface area (Å²) in [5.41, 5.74) is 6.97. The van der Waals surface area contributed by atoms with Gasteiger partial charge in [0.2, 0.25) is 0 Å². The van der Waals surface area contributed by atoms with Crippen molar-refractivity contribution in [2.24, 2.45) is 16.9 Å². The molecule has 1 N–H and O–H groups in total. The number of benzene rings is 1. The molecule has 7 heteroatoms. The molecule has 3 heterocycles. The lowest BCUT2D eigenvalue weighted by molar-refractivity contribution is 0.0952. The summed E-state index contributed by atoms with van der Waals surface area (Å²) in [7, 11) is 3.35. The molecule has 0 aliphatic carbocycles. The van der Waals surface area contributed by atoms with E-state index in [1.807, 2.05) is 0 Å². The fourth-order valence-corrected chi connectivity index (χ4v) is 4.90. The first kappa shape index (κ1) is 22.3. The summed E-state index contributed by atoms with van der Waals surface area (Å²) in [5.74, 6) is 2.19. The highest BCUT2D eigenvalue weighted by Crippen LogP contribution is 2.42. The SMILES string of the molecule is COc1cc2c(cc1OC)[C@@H]1C/C(=N/NC(=O)c3ccncc3)[C@H](CC(C)C)CN1CC2. The topological polar surface area (TPSA) is 76.0 Å². The predicted octanol–water partition coefficient (Wildman–Crippen LogP) is 3.85. The number of hydrazone groups is 1. The zero-order chi connectivity index (χ0) is 22.7. The van der Waals surface area contributed by atoms with Crippen LogP contribution >= 0.6 is 0 Å². The van der Waals surface area contributed by atoms with Crippen molar-refractivity contribution in [3.63, 3.8) is 0 Å². The van der Waals surface area contributed by atoms with Crippen LogP contribution in [0.3, 0.4) is 0 Å². The summed E-state index contributed by atoms with van der Waals surface area (Å²) in [6.07, 6.45) is 6.06. The molecule has 1 fully saturated rings. The number of amides is 1. The number of aromatic nitrogens is 1. The number of hydrogen-bond donors (Lipinski definition) is 1. The Morgan fingerprint density at radius 1 is 1.22 bits per heavy atom. The van der Waals surface area contributed by atoms with E-state index in [4.69, 9.17) is 9.47 Å². The summed E-state index contributed by atoms with van der Waals surface area (Å²) >= 11 is 0. The highest BCUT2D eigenvalue weighted by molar-refractivity contribution is 5.96. The maximum atomic E-state index is 12.6. The second kappa shape index (κ2) is 9.69. The van der Waals surface area contributed by atoms with Gasteiger partial charge in [0.15, 0.2) is 11.5 Å². The first-order chi connectivity index (χ1) is 15.5. The van der Waals surface area contributed by atoms with Gasteiger partial charge in [-0.15, -0.1) is 0 Å². The molecule has 0 saturated carbocycles. The molecule has 7 nitrogen and oxygen atoms in total. The Labute approximate surface area is 189 Å². The standard InChI is InChI=1S/C25H32N4O3/c1-16(2)11-19-15-29-10-7-18-12-23(31-3)24(32-4)13-20(18)22(29)14-21(19)27-28-25(30)17-5-8-26-9-6-17/h5-6,8-9,12-13,16,19,22H,7,10-11,14-15H2,1-4H3,(H,28,30)/b27-21-/t19-,22+/m1/s1. The van der Waals surface area contributed by atoms with E-state index in [0.29, 0.717) is 17.4 Å². The van der Waals surface area contributed by atoms with Gasteiger partial charge in [0.05, 0.1) is 14.2 Å². The lowest BCUT2D eigenvalue weighted by atomic mass is 9.79. The fraction of sp³-hybridized carbons (Fsp3) is 0.480. The highest BCUT2D eigenvalue weighted by Gasteiger charge is 2.37. The zero-order valence-electron chi connectivity index (χ0n) is 19.3. The van der Waals surface area contributed by atoms with Crippen molar-refractivity contribution in [3.8, 4) is 11.5 Å². The first-order valence-corrected chi connectivity index (χ1v) is 11.3. The van der Waals surface area contributed by atoms with Crippen LogP contribution in [0.2, 0.25) is 0 Å². The lowest BCUT2D eigenvalue weighted by Crippen LogP contribution is -2.47. The molecular formula is C25H32N4O3. The van der Waals surface area contributed by atoms with Crippen LogP contribution in [0.15, 0.2) is 41.8 Å². The molecule has 0 radical (unpaired) electrons. The van der Waals surface area contributed by atoms with Crippen molar-refractivity contribution in [1.82, 2.24) is 15.3 Å². The maximum Gasteiger partial charge on any atom is 0.271 e. The fourth-order valence-electron chi connectivity index (χ4n) is 4.90. The van der Waals surface area contributed by atoms with Gasteiger partial charge in [-0.2, -0.15) is 5.10 Å². The van der Waals surface area contributed by atoms with Gasteiger partial charge in [0.25, 0.3) is 5.91 Å². The third kappa shape index (κ3) is 4.63. The molecule has 1 aromatic carbocycles. The van der Waals surface area contributed by atoms with Crippen LogP contribution in [0.4, 0.5) is 0 Å². The second-order valence-corrected chi connectivity index (χ2v) is 8.98. The minimum Gasteiger partial charge on any atom is -0.493 e. The van der Waals surface area contributed by atoms with Crippen molar-refractivity contribution in [2.45, 2.75) is 39.2 Å². The van der Waals surface area contributed by atoms with Crippen molar-refractivity contribution >= 4 is 11.6 Å². The Morgan fingerprint density at radius 2 is 1.94 bits per heavy atom. The zero-order valence-corrected chi connectivity index (χ0v) is 19.3. The molecule has 2 atom stereocenters. The molecule has 170 valence electrons. The van der Waals surface area contributed by atoms with E-state index < -0.39 is 0 Å². The van der Waals surface area contributed by atoms with Crippen LogP contribution in [-0.4, -0.2) is 48.8 Å². The minimum atomic E-state index is -0.207. The van der Waals surface area contributed by atoms with Gasteiger partial charge in [-0.1, -0.05) is 13.8 Å². The van der Waals surface area contributed by atoms with Gasteiger partial charge in [0, 0.05) is 55.1 Å². The molecule has 32 heavy (non-hydrogen) atoms. The summed E-state index contributed by atoms with van der Waals surface area (Å²) in [4.78, 5) is 19.1. The number of nitrogens with zero attached hydrogens (tertiary/aromatic N) is 3. The monoisotopic (exact) mass is 436 g/mol. The number of piperidine rings is 1. The minimum absolute atomic E-state index is 0.207. The van der Waals surface area contributed by atoms with E-state index in [0.717, 1.165) is 49.6 Å². The Kier molecular flexibility index (Phi) is 6.74. The van der Waals surface area contributed by atoms with E-state index in [2.05, 4.69) is 46.4 Å². The van der Waals surface area contributed by atoms with Gasteiger partial charge in [0.1, 0.15) is 0 Å². The van der Waals surface area contributed by atoms with E-state index in [9.17, 15) is 4.79 Å². The Morgan fingerprint density at radius 3 is 2.62 bits per heavy atom. The van der Waals surface area contributed by atoms with Crippen LogP contribution < -0.4 is 14.9 Å². The number of hydrogen-bond acceptors (Lipinski definition) is 6. The summed E-state index contributed by atoms with van der Waals surface area (Å²) < 4.78 is 11.1. The van der Waals surface area contributed by atoms with E-state index >= 15 is 0 Å². The number of carbonyl (C=O) groups is 1. The van der Waals surface area contributed by atoms with Gasteiger partial charge < -0.3 is 9.47 Å². The Hall–Kier alpha value is -2.93. The Balaban J connectivity index is 1.62. The summed E-state index contributed by atoms with van der Waals surface area (Å²) in [6.45, 7) is 6.43. The van der Waals surface area contributed by atoms with E-state index in [1.165, 1.54) is 11.1 Å². The van der Waals surface area contributed by atoms with Crippen LogP contribution in [0.1, 0.15) is 54.2 Å². The molecule has 1 aromatic heterocycles. The number of ether oxygens (including phenoxy) is 2. The Bertz CT molecular complexity index is 990. The third-order valence-electron chi connectivity index (χ3n) is 6.44. The van der Waals surface area contributed by atoms with Gasteiger partial charge in [-0.3, -0.25) is 14.7 Å².